The van der Waals surface area contributed by atoms with E-state index >= 15 is 0 Å². The summed E-state index contributed by atoms with van der Waals surface area (Å²) in [4.78, 5) is 12.4. The first-order valence-corrected chi connectivity index (χ1v) is 9.56. The lowest BCUT2D eigenvalue weighted by atomic mass is 9.45. The van der Waals surface area contributed by atoms with Crippen LogP contribution in [0.2, 0.25) is 0 Å². The molecule has 150 valence electrons. The van der Waals surface area contributed by atoms with Gasteiger partial charge in [-0.3, -0.25) is 0 Å². The number of aliphatic hydroxyl groups excluding tert-OH is 3. The average molecular weight is 378 g/mol. The molecule has 1 aromatic heterocycles. The fraction of sp³-hybridized carbons (Fsp3) is 0.667. The molecule has 1 heterocycles. The monoisotopic (exact) mass is 378 g/mol. The van der Waals surface area contributed by atoms with Gasteiger partial charge in [-0.1, -0.05) is 13.8 Å². The number of aryl methyl sites for hydroxylation is 1. The van der Waals surface area contributed by atoms with Crippen LogP contribution in [0.5, 0.6) is 0 Å². The number of carbonyl (C=O) groups excluding carboxylic acids is 1. The minimum Gasteiger partial charge on any atom is -0.472 e. The largest absolute Gasteiger partial charge is 0.472 e. The van der Waals surface area contributed by atoms with E-state index in [9.17, 15) is 20.1 Å². The van der Waals surface area contributed by atoms with Crippen molar-refractivity contribution in [3.63, 3.8) is 0 Å². The second kappa shape index (κ2) is 7.41. The number of aliphatic hydroxyl groups is 3. The Morgan fingerprint density at radius 2 is 2.11 bits per heavy atom. The molecule has 0 unspecified atom stereocenters. The third kappa shape index (κ3) is 3.24. The number of rotatable bonds is 5. The van der Waals surface area contributed by atoms with Crippen molar-refractivity contribution in [3.8, 4) is 0 Å². The van der Waals surface area contributed by atoms with Gasteiger partial charge in [-0.05, 0) is 54.7 Å². The van der Waals surface area contributed by atoms with Crippen molar-refractivity contribution in [1.29, 1.82) is 0 Å². The van der Waals surface area contributed by atoms with Gasteiger partial charge < -0.3 is 24.5 Å². The quantitative estimate of drug-likeness (QED) is 0.679. The van der Waals surface area contributed by atoms with E-state index in [0.717, 1.165) is 18.4 Å². The van der Waals surface area contributed by atoms with E-state index < -0.39 is 29.0 Å². The minimum absolute atomic E-state index is 0.00849. The zero-order chi connectivity index (χ0) is 19.8. The van der Waals surface area contributed by atoms with Crippen LogP contribution in [-0.4, -0.2) is 47.2 Å². The Bertz CT molecular complexity index is 696. The molecule has 1 fully saturated rings. The van der Waals surface area contributed by atoms with E-state index in [1.165, 1.54) is 13.2 Å². The molecule has 1 saturated carbocycles. The van der Waals surface area contributed by atoms with Crippen LogP contribution in [0.3, 0.4) is 0 Å². The van der Waals surface area contributed by atoms with Crippen LogP contribution in [0.25, 0.3) is 0 Å². The second-order valence-corrected chi connectivity index (χ2v) is 8.50. The van der Waals surface area contributed by atoms with Crippen molar-refractivity contribution in [2.45, 2.75) is 51.7 Å². The number of esters is 1. The van der Waals surface area contributed by atoms with Crippen LogP contribution in [0.1, 0.15) is 38.7 Å². The summed E-state index contributed by atoms with van der Waals surface area (Å²) in [6, 6.07) is 1.91. The predicted octanol–water partition coefficient (Wildman–Crippen LogP) is 2.08. The molecule has 27 heavy (non-hydrogen) atoms. The van der Waals surface area contributed by atoms with Crippen LogP contribution in [0, 0.1) is 22.7 Å². The third-order valence-corrected chi connectivity index (χ3v) is 7.14. The van der Waals surface area contributed by atoms with Crippen LogP contribution < -0.4 is 0 Å². The van der Waals surface area contributed by atoms with Crippen molar-refractivity contribution < 1.29 is 29.3 Å². The Kier molecular flexibility index (Phi) is 5.52. The minimum atomic E-state index is -1.14. The molecule has 0 spiro atoms. The summed E-state index contributed by atoms with van der Waals surface area (Å²) < 4.78 is 10.1. The molecule has 6 nitrogen and oxygen atoms in total. The lowest BCUT2D eigenvalue weighted by Gasteiger charge is -2.60. The molecule has 1 aromatic rings. The maximum atomic E-state index is 12.4. The lowest BCUT2D eigenvalue weighted by Crippen LogP contribution is -2.60. The summed E-state index contributed by atoms with van der Waals surface area (Å²) >= 11 is 0. The summed E-state index contributed by atoms with van der Waals surface area (Å²) in [7, 11) is 1.33. The van der Waals surface area contributed by atoms with Gasteiger partial charge in [-0.2, -0.15) is 0 Å². The van der Waals surface area contributed by atoms with Gasteiger partial charge in [-0.25, -0.2) is 4.79 Å². The number of hydrogen-bond donors (Lipinski definition) is 3. The van der Waals surface area contributed by atoms with Gasteiger partial charge in [-0.15, -0.1) is 0 Å². The van der Waals surface area contributed by atoms with Crippen molar-refractivity contribution >= 4 is 5.97 Å². The van der Waals surface area contributed by atoms with Crippen LogP contribution in [0.4, 0.5) is 0 Å². The van der Waals surface area contributed by atoms with E-state index in [4.69, 9.17) is 9.15 Å². The Labute approximate surface area is 159 Å². The van der Waals surface area contributed by atoms with Crippen LogP contribution in [0.15, 0.2) is 34.7 Å². The van der Waals surface area contributed by atoms with Crippen molar-refractivity contribution in [3.05, 3.63) is 35.8 Å². The number of ether oxygens (including phenoxy) is 1. The van der Waals surface area contributed by atoms with Gasteiger partial charge in [0.2, 0.25) is 0 Å². The molecule has 0 amide bonds. The van der Waals surface area contributed by atoms with E-state index in [1.54, 1.807) is 12.5 Å². The van der Waals surface area contributed by atoms with Gasteiger partial charge in [0.15, 0.2) is 0 Å². The van der Waals surface area contributed by atoms with E-state index in [0.29, 0.717) is 18.4 Å². The smallest absolute Gasteiger partial charge is 0.334 e. The third-order valence-electron chi connectivity index (χ3n) is 7.14. The number of carbonyl (C=O) groups is 1. The SMILES string of the molecule is COC(=O)C1=C[C@H](O)[C@H](O)[C@@H]2[C@@](C)(CCc3ccoc3)[C@H](CO)CC[C@@]12C. The second-order valence-electron chi connectivity index (χ2n) is 8.50. The molecule has 2 aliphatic rings. The lowest BCUT2D eigenvalue weighted by molar-refractivity contribution is -0.161. The van der Waals surface area contributed by atoms with Gasteiger partial charge in [0.05, 0.1) is 31.8 Å². The molecule has 6 heteroatoms. The number of fused-ring (bicyclic) bond motifs is 1. The van der Waals surface area contributed by atoms with Gasteiger partial charge >= 0.3 is 5.97 Å². The molecule has 3 N–H and O–H groups in total. The molecule has 0 saturated heterocycles. The molecule has 0 bridgehead atoms. The first-order valence-electron chi connectivity index (χ1n) is 9.56. The van der Waals surface area contributed by atoms with Gasteiger partial charge in [0.1, 0.15) is 0 Å². The topological polar surface area (TPSA) is 100 Å². The molecular weight excluding hydrogens is 348 g/mol. The highest BCUT2D eigenvalue weighted by Crippen LogP contribution is 2.62. The fourth-order valence-corrected chi connectivity index (χ4v) is 5.59. The summed E-state index contributed by atoms with van der Waals surface area (Å²) in [6.07, 6.45) is 5.46. The molecule has 6 atom stereocenters. The van der Waals surface area contributed by atoms with Crippen LogP contribution >= 0.6 is 0 Å². The number of furan rings is 1. The maximum Gasteiger partial charge on any atom is 0.334 e. The Morgan fingerprint density at radius 1 is 1.37 bits per heavy atom. The van der Waals surface area contributed by atoms with Gasteiger partial charge in [0.25, 0.3) is 0 Å². The summed E-state index contributed by atoms with van der Waals surface area (Å²) in [6.45, 7) is 4.04. The normalized spacial score (nSPS) is 38.8. The van der Waals surface area contributed by atoms with E-state index in [2.05, 4.69) is 6.92 Å². The van der Waals surface area contributed by atoms with E-state index in [1.807, 2.05) is 13.0 Å². The molecule has 0 aromatic carbocycles. The Balaban J connectivity index is 2.02. The molecule has 0 aliphatic heterocycles. The Morgan fingerprint density at radius 3 is 2.70 bits per heavy atom. The zero-order valence-corrected chi connectivity index (χ0v) is 16.2. The summed E-state index contributed by atoms with van der Waals surface area (Å²) in [5, 5.41) is 31.5. The standard InChI is InChI=1S/C21H30O6/c1-20(7-4-13-6-9-27-12-13)14(11-22)5-8-21(2)15(19(25)26-3)10-16(23)17(24)18(20)21/h6,9-10,12,14,16-18,22-24H,4-5,7-8,11H2,1-3H3/t14-,16-,17-,18+,20-,21-/m0/s1. The zero-order valence-electron chi connectivity index (χ0n) is 16.2. The molecule has 3 rings (SSSR count). The molecular formula is C21H30O6. The molecule has 2 aliphatic carbocycles. The summed E-state index contributed by atoms with van der Waals surface area (Å²) in [5.41, 5.74) is 0.392. The number of hydrogen-bond acceptors (Lipinski definition) is 6. The Hall–Kier alpha value is -1.63. The van der Waals surface area contributed by atoms with Gasteiger partial charge in [0, 0.05) is 23.5 Å². The van der Waals surface area contributed by atoms with E-state index in [-0.39, 0.29) is 18.4 Å². The summed E-state index contributed by atoms with van der Waals surface area (Å²) in [5.74, 6) is -0.869. The first kappa shape index (κ1) is 20.1. The predicted molar refractivity (Wildman–Crippen MR) is 98.7 cm³/mol. The van der Waals surface area contributed by atoms with Crippen molar-refractivity contribution in [2.24, 2.45) is 22.7 Å². The highest BCUT2D eigenvalue weighted by molar-refractivity contribution is 5.90. The number of methoxy groups -OCH3 is 1. The highest BCUT2D eigenvalue weighted by atomic mass is 16.5. The highest BCUT2D eigenvalue weighted by Gasteiger charge is 2.60. The van der Waals surface area contributed by atoms with Crippen molar-refractivity contribution in [1.82, 2.24) is 0 Å². The van der Waals surface area contributed by atoms with Crippen LogP contribution in [-0.2, 0) is 16.0 Å². The molecule has 0 radical (unpaired) electrons. The average Bonchev–Trinajstić information content (AvgIpc) is 3.16. The fourth-order valence-electron chi connectivity index (χ4n) is 5.59. The first-order chi connectivity index (χ1) is 12.8. The van der Waals surface area contributed by atoms with Crippen molar-refractivity contribution in [2.75, 3.05) is 13.7 Å². The maximum absolute atomic E-state index is 12.4.